The number of carbonyl (C=O) groups is 1. The Bertz CT molecular complexity index is 873. The number of thiazole rings is 1. The minimum absolute atomic E-state index is 0.280. The van der Waals surface area contributed by atoms with E-state index >= 15 is 0 Å². The summed E-state index contributed by atoms with van der Waals surface area (Å²) in [5, 5.41) is 3.39. The van der Waals surface area contributed by atoms with Crippen LogP contribution in [0.15, 0.2) is 36.4 Å². The summed E-state index contributed by atoms with van der Waals surface area (Å²) in [4.78, 5) is 17.0. The maximum absolute atomic E-state index is 12.5. The van der Waals surface area contributed by atoms with Crippen molar-refractivity contribution >= 4 is 32.6 Å². The lowest BCUT2D eigenvalue weighted by Gasteiger charge is -2.09. The number of para-hydroxylation sites is 1. The average Bonchev–Trinajstić information content (AvgIpc) is 2.98. The highest BCUT2D eigenvalue weighted by atomic mass is 32.1. The summed E-state index contributed by atoms with van der Waals surface area (Å²) in [6.07, 6.45) is 0. The fourth-order valence-corrected chi connectivity index (χ4v) is 3.23. The van der Waals surface area contributed by atoms with Gasteiger partial charge in [0.05, 0.1) is 30.0 Å². The highest BCUT2D eigenvalue weighted by Crippen LogP contribution is 2.29. The number of nitrogens with zero attached hydrogens (tertiary/aromatic N) is 1. The Morgan fingerprint density at radius 3 is 2.70 bits per heavy atom. The predicted molar refractivity (Wildman–Crippen MR) is 91.9 cm³/mol. The molecule has 0 fully saturated rings. The van der Waals surface area contributed by atoms with Crippen molar-refractivity contribution in [2.75, 3.05) is 19.5 Å². The Kier molecular flexibility index (Phi) is 4.16. The third kappa shape index (κ3) is 2.98. The summed E-state index contributed by atoms with van der Waals surface area (Å²) in [7, 11) is 3.08. The van der Waals surface area contributed by atoms with Crippen molar-refractivity contribution in [3.05, 3.63) is 47.5 Å². The van der Waals surface area contributed by atoms with Crippen LogP contribution in [0.3, 0.4) is 0 Å². The highest BCUT2D eigenvalue weighted by Gasteiger charge is 2.16. The Morgan fingerprint density at radius 2 is 2.00 bits per heavy atom. The second-order valence-electron chi connectivity index (χ2n) is 4.96. The maximum Gasteiger partial charge on any atom is 0.261 e. The molecule has 0 radical (unpaired) electrons. The van der Waals surface area contributed by atoms with E-state index in [-0.39, 0.29) is 5.91 Å². The number of benzene rings is 2. The van der Waals surface area contributed by atoms with Gasteiger partial charge in [0.15, 0.2) is 5.13 Å². The normalized spacial score (nSPS) is 10.6. The van der Waals surface area contributed by atoms with Crippen LogP contribution in [0.5, 0.6) is 11.5 Å². The number of aromatic nitrogens is 1. The largest absolute Gasteiger partial charge is 0.497 e. The number of aryl methyl sites for hydroxylation is 1. The molecule has 0 saturated heterocycles. The van der Waals surface area contributed by atoms with Crippen LogP contribution in [-0.4, -0.2) is 25.1 Å². The van der Waals surface area contributed by atoms with E-state index in [0.717, 1.165) is 15.8 Å². The molecule has 0 bridgehead atoms. The van der Waals surface area contributed by atoms with E-state index in [9.17, 15) is 4.79 Å². The SMILES string of the molecule is COc1ccc(OC)c(C(=O)Nc2nc3c(C)cccc3s2)c1. The molecule has 1 heterocycles. The van der Waals surface area contributed by atoms with E-state index in [1.807, 2.05) is 25.1 Å². The molecule has 0 aliphatic rings. The van der Waals surface area contributed by atoms with Crippen molar-refractivity contribution in [3.63, 3.8) is 0 Å². The fraction of sp³-hybridized carbons (Fsp3) is 0.176. The fourth-order valence-electron chi connectivity index (χ4n) is 2.30. The van der Waals surface area contributed by atoms with E-state index in [2.05, 4.69) is 10.3 Å². The number of hydrogen-bond acceptors (Lipinski definition) is 5. The van der Waals surface area contributed by atoms with Gasteiger partial charge in [-0.2, -0.15) is 0 Å². The summed E-state index contributed by atoms with van der Waals surface area (Å²) in [6, 6.07) is 11.1. The van der Waals surface area contributed by atoms with E-state index in [1.165, 1.54) is 18.4 Å². The molecule has 6 heteroatoms. The molecule has 0 atom stereocenters. The van der Waals surface area contributed by atoms with E-state index < -0.39 is 0 Å². The number of nitrogens with one attached hydrogen (secondary N) is 1. The van der Waals surface area contributed by atoms with Gasteiger partial charge in [0, 0.05) is 0 Å². The van der Waals surface area contributed by atoms with Crippen LogP contribution in [0, 0.1) is 6.92 Å². The molecule has 5 nitrogen and oxygen atoms in total. The topological polar surface area (TPSA) is 60.5 Å². The van der Waals surface area contributed by atoms with Crippen molar-refractivity contribution < 1.29 is 14.3 Å². The lowest BCUT2D eigenvalue weighted by Crippen LogP contribution is -2.13. The summed E-state index contributed by atoms with van der Waals surface area (Å²) < 4.78 is 11.5. The zero-order valence-electron chi connectivity index (χ0n) is 13.0. The van der Waals surface area contributed by atoms with Gasteiger partial charge in [-0.25, -0.2) is 4.98 Å². The summed E-state index contributed by atoms with van der Waals surface area (Å²) in [5.41, 5.74) is 2.39. The van der Waals surface area contributed by atoms with Gasteiger partial charge in [-0.05, 0) is 36.8 Å². The van der Waals surface area contributed by atoms with Gasteiger partial charge in [-0.15, -0.1) is 0 Å². The third-order valence-corrected chi connectivity index (χ3v) is 4.43. The average molecular weight is 328 g/mol. The van der Waals surface area contributed by atoms with Crippen LogP contribution >= 0.6 is 11.3 Å². The van der Waals surface area contributed by atoms with Gasteiger partial charge in [0.2, 0.25) is 0 Å². The molecule has 2 aromatic carbocycles. The van der Waals surface area contributed by atoms with Crippen molar-refractivity contribution in [1.29, 1.82) is 0 Å². The number of fused-ring (bicyclic) bond motifs is 1. The maximum atomic E-state index is 12.5. The Morgan fingerprint density at radius 1 is 1.17 bits per heavy atom. The standard InChI is InChI=1S/C17H16N2O3S/c1-10-5-4-6-14-15(10)18-17(23-14)19-16(20)12-9-11(21-2)7-8-13(12)22-3/h4-9H,1-3H3,(H,18,19,20). The number of rotatable bonds is 4. The lowest BCUT2D eigenvalue weighted by atomic mass is 10.1. The number of methoxy groups -OCH3 is 2. The van der Waals surface area contributed by atoms with Gasteiger partial charge in [0.1, 0.15) is 11.5 Å². The molecule has 23 heavy (non-hydrogen) atoms. The van der Waals surface area contributed by atoms with Crippen LogP contribution in [0.2, 0.25) is 0 Å². The van der Waals surface area contributed by atoms with Gasteiger partial charge in [0.25, 0.3) is 5.91 Å². The lowest BCUT2D eigenvalue weighted by molar-refractivity contribution is 0.102. The van der Waals surface area contributed by atoms with Crippen molar-refractivity contribution in [3.8, 4) is 11.5 Å². The quantitative estimate of drug-likeness (QED) is 0.790. The highest BCUT2D eigenvalue weighted by molar-refractivity contribution is 7.22. The first-order valence-corrected chi connectivity index (χ1v) is 7.83. The van der Waals surface area contributed by atoms with Crippen LogP contribution in [-0.2, 0) is 0 Å². The van der Waals surface area contributed by atoms with Crippen molar-refractivity contribution in [2.24, 2.45) is 0 Å². The van der Waals surface area contributed by atoms with Crippen LogP contribution < -0.4 is 14.8 Å². The predicted octanol–water partition coefficient (Wildman–Crippen LogP) is 3.87. The second-order valence-corrected chi connectivity index (χ2v) is 5.99. The Hall–Kier alpha value is -2.60. The van der Waals surface area contributed by atoms with Crippen LogP contribution in [0.1, 0.15) is 15.9 Å². The first kappa shape index (κ1) is 15.3. The molecular formula is C17H16N2O3S. The monoisotopic (exact) mass is 328 g/mol. The first-order valence-electron chi connectivity index (χ1n) is 7.02. The third-order valence-electron chi connectivity index (χ3n) is 3.49. The molecular weight excluding hydrogens is 312 g/mol. The Balaban J connectivity index is 1.92. The zero-order valence-corrected chi connectivity index (χ0v) is 13.9. The second kappa shape index (κ2) is 6.26. The molecule has 0 unspecified atom stereocenters. The zero-order chi connectivity index (χ0) is 16.4. The molecule has 0 saturated carbocycles. The molecule has 1 amide bonds. The van der Waals surface area contributed by atoms with E-state index in [4.69, 9.17) is 9.47 Å². The number of anilines is 1. The molecule has 0 aliphatic carbocycles. The molecule has 3 rings (SSSR count). The minimum atomic E-state index is -0.280. The molecule has 3 aromatic rings. The Labute approximate surface area is 137 Å². The molecule has 0 spiro atoms. The summed E-state index contributed by atoms with van der Waals surface area (Å²) in [6.45, 7) is 2.00. The number of hydrogen-bond donors (Lipinski definition) is 1. The molecule has 118 valence electrons. The minimum Gasteiger partial charge on any atom is -0.497 e. The van der Waals surface area contributed by atoms with Gasteiger partial charge < -0.3 is 9.47 Å². The summed E-state index contributed by atoms with van der Waals surface area (Å²) >= 11 is 1.44. The number of carbonyl (C=O) groups excluding carboxylic acids is 1. The van der Waals surface area contributed by atoms with Gasteiger partial charge in [-0.1, -0.05) is 23.5 Å². The number of amides is 1. The van der Waals surface area contributed by atoms with Crippen LogP contribution in [0.25, 0.3) is 10.2 Å². The molecule has 1 N–H and O–H groups in total. The smallest absolute Gasteiger partial charge is 0.261 e. The van der Waals surface area contributed by atoms with E-state index in [0.29, 0.717) is 22.2 Å². The van der Waals surface area contributed by atoms with E-state index in [1.54, 1.807) is 25.3 Å². The summed E-state index contributed by atoms with van der Waals surface area (Å²) in [5.74, 6) is 0.800. The van der Waals surface area contributed by atoms with Crippen molar-refractivity contribution in [2.45, 2.75) is 6.92 Å². The van der Waals surface area contributed by atoms with Crippen LogP contribution in [0.4, 0.5) is 5.13 Å². The first-order chi connectivity index (χ1) is 11.1. The number of ether oxygens (including phenoxy) is 2. The molecule has 0 aliphatic heterocycles. The van der Waals surface area contributed by atoms with Gasteiger partial charge >= 0.3 is 0 Å². The molecule has 1 aromatic heterocycles. The van der Waals surface area contributed by atoms with Gasteiger partial charge in [-0.3, -0.25) is 10.1 Å². The van der Waals surface area contributed by atoms with Crippen molar-refractivity contribution in [1.82, 2.24) is 4.98 Å².